The van der Waals surface area contributed by atoms with Crippen molar-refractivity contribution in [2.75, 3.05) is 19.7 Å². The molecule has 0 atom stereocenters. The molecular weight excluding hydrogens is 414 g/mol. The highest BCUT2D eigenvalue weighted by molar-refractivity contribution is 9.10. The van der Waals surface area contributed by atoms with Crippen LogP contribution in [0.4, 0.5) is 0 Å². The molecule has 26 heavy (non-hydrogen) atoms. The topological polar surface area (TPSA) is 55.3 Å². The summed E-state index contributed by atoms with van der Waals surface area (Å²) in [5.41, 5.74) is 2.43. The van der Waals surface area contributed by atoms with Crippen molar-refractivity contribution in [1.82, 2.24) is 15.1 Å². The predicted molar refractivity (Wildman–Crippen MR) is 105 cm³/mol. The standard InChI is InChI=1S/C19H22BrN3O2S/c20-15-10-17(26-12-15)19(24)23-7-5-13(6-8-23)11-25-18-9-14-3-1-2-4-16(14)21-22-18/h9-10,12-13H,1-8,11H2. The molecule has 1 saturated heterocycles. The Morgan fingerprint density at radius 1 is 1.23 bits per heavy atom. The molecule has 2 aliphatic rings. The molecule has 5 nitrogen and oxygen atoms in total. The minimum atomic E-state index is 0.139. The fraction of sp³-hybridized carbons (Fsp3) is 0.526. The normalized spacial score (nSPS) is 17.8. The molecule has 0 unspecified atom stereocenters. The summed E-state index contributed by atoms with van der Waals surface area (Å²) in [7, 11) is 0. The van der Waals surface area contributed by atoms with Gasteiger partial charge in [-0.05, 0) is 72.0 Å². The van der Waals surface area contributed by atoms with E-state index < -0.39 is 0 Å². The van der Waals surface area contributed by atoms with Crippen LogP contribution in [0.3, 0.4) is 0 Å². The van der Waals surface area contributed by atoms with E-state index in [-0.39, 0.29) is 5.91 Å². The lowest BCUT2D eigenvalue weighted by atomic mass is 9.97. The third kappa shape index (κ3) is 4.09. The number of hydrogen-bond donors (Lipinski definition) is 0. The van der Waals surface area contributed by atoms with Crippen molar-refractivity contribution in [1.29, 1.82) is 0 Å². The quantitative estimate of drug-likeness (QED) is 0.724. The molecule has 0 spiro atoms. The van der Waals surface area contributed by atoms with E-state index >= 15 is 0 Å². The first-order chi connectivity index (χ1) is 12.7. The Balaban J connectivity index is 1.27. The van der Waals surface area contributed by atoms with E-state index in [1.807, 2.05) is 16.3 Å². The Labute approximate surface area is 165 Å². The number of rotatable bonds is 4. The van der Waals surface area contributed by atoms with Gasteiger partial charge in [-0.15, -0.1) is 16.4 Å². The summed E-state index contributed by atoms with van der Waals surface area (Å²) in [6, 6.07) is 3.96. The first-order valence-electron chi connectivity index (χ1n) is 9.20. The minimum Gasteiger partial charge on any atom is -0.476 e. The zero-order valence-corrected chi connectivity index (χ0v) is 17.0. The highest BCUT2D eigenvalue weighted by atomic mass is 79.9. The van der Waals surface area contributed by atoms with Gasteiger partial charge in [0.05, 0.1) is 17.2 Å². The van der Waals surface area contributed by atoms with E-state index in [1.54, 1.807) is 0 Å². The average Bonchev–Trinajstić information content (AvgIpc) is 3.12. The van der Waals surface area contributed by atoms with Crippen molar-refractivity contribution in [3.63, 3.8) is 0 Å². The number of ether oxygens (including phenoxy) is 1. The van der Waals surface area contributed by atoms with Crippen molar-refractivity contribution >= 4 is 33.2 Å². The Morgan fingerprint density at radius 2 is 2.04 bits per heavy atom. The van der Waals surface area contributed by atoms with Gasteiger partial charge in [-0.3, -0.25) is 4.79 Å². The summed E-state index contributed by atoms with van der Waals surface area (Å²) in [4.78, 5) is 15.3. The van der Waals surface area contributed by atoms with Crippen LogP contribution >= 0.6 is 27.3 Å². The summed E-state index contributed by atoms with van der Waals surface area (Å²) < 4.78 is 6.89. The molecule has 0 saturated carbocycles. The van der Waals surface area contributed by atoms with Crippen LogP contribution in [-0.4, -0.2) is 40.7 Å². The van der Waals surface area contributed by atoms with E-state index in [2.05, 4.69) is 32.2 Å². The van der Waals surface area contributed by atoms with Gasteiger partial charge in [0.15, 0.2) is 0 Å². The molecule has 1 aliphatic carbocycles. The molecule has 0 aromatic carbocycles. The lowest BCUT2D eigenvalue weighted by molar-refractivity contribution is 0.0663. The summed E-state index contributed by atoms with van der Waals surface area (Å²) in [5, 5.41) is 10.5. The van der Waals surface area contributed by atoms with Crippen molar-refractivity contribution < 1.29 is 9.53 Å². The molecule has 2 aromatic rings. The van der Waals surface area contributed by atoms with Gasteiger partial charge in [0.1, 0.15) is 0 Å². The van der Waals surface area contributed by atoms with E-state index in [9.17, 15) is 4.79 Å². The molecule has 1 fully saturated rings. The van der Waals surface area contributed by atoms with E-state index in [0.717, 1.165) is 53.8 Å². The number of aromatic nitrogens is 2. The summed E-state index contributed by atoms with van der Waals surface area (Å²) in [5.74, 6) is 1.25. The van der Waals surface area contributed by atoms with E-state index in [1.165, 1.54) is 29.7 Å². The second-order valence-corrected chi connectivity index (χ2v) is 8.86. The van der Waals surface area contributed by atoms with Gasteiger partial charge in [-0.2, -0.15) is 5.10 Å². The number of thiophene rings is 1. The van der Waals surface area contributed by atoms with Gasteiger partial charge in [0, 0.05) is 29.0 Å². The number of likely N-dealkylation sites (tertiary alicyclic amines) is 1. The van der Waals surface area contributed by atoms with Crippen LogP contribution in [0.1, 0.15) is 46.6 Å². The zero-order valence-electron chi connectivity index (χ0n) is 14.6. The third-order valence-corrected chi connectivity index (χ3v) is 6.87. The Kier molecular flexibility index (Phi) is 5.55. The smallest absolute Gasteiger partial charge is 0.263 e. The number of fused-ring (bicyclic) bond motifs is 1. The molecule has 7 heteroatoms. The van der Waals surface area contributed by atoms with Gasteiger partial charge in [-0.25, -0.2) is 0 Å². The van der Waals surface area contributed by atoms with Gasteiger partial charge in [0.25, 0.3) is 5.91 Å². The summed E-state index contributed by atoms with van der Waals surface area (Å²) in [6.45, 7) is 2.23. The predicted octanol–water partition coefficient (Wildman–Crippen LogP) is 4.11. The molecule has 1 aliphatic heterocycles. The lowest BCUT2D eigenvalue weighted by Gasteiger charge is -2.31. The van der Waals surface area contributed by atoms with E-state index in [0.29, 0.717) is 18.4 Å². The monoisotopic (exact) mass is 435 g/mol. The number of halogens is 1. The third-order valence-electron chi connectivity index (χ3n) is 5.19. The minimum absolute atomic E-state index is 0.139. The fourth-order valence-corrected chi connectivity index (χ4v) is 5.02. The molecule has 0 radical (unpaired) electrons. The van der Waals surface area contributed by atoms with Gasteiger partial charge >= 0.3 is 0 Å². The number of carbonyl (C=O) groups is 1. The van der Waals surface area contributed by atoms with E-state index in [4.69, 9.17) is 4.74 Å². The Hall–Kier alpha value is -1.47. The van der Waals surface area contributed by atoms with Crippen LogP contribution in [0.25, 0.3) is 0 Å². The first kappa shape index (κ1) is 17.9. The number of piperidine rings is 1. The second-order valence-electron chi connectivity index (χ2n) is 7.04. The number of aryl methyl sites for hydroxylation is 2. The van der Waals surface area contributed by atoms with Crippen LogP contribution in [0.2, 0.25) is 0 Å². The maximum absolute atomic E-state index is 12.5. The van der Waals surface area contributed by atoms with Crippen LogP contribution in [0, 0.1) is 5.92 Å². The molecule has 3 heterocycles. The van der Waals surface area contributed by atoms with Crippen LogP contribution in [-0.2, 0) is 12.8 Å². The van der Waals surface area contributed by atoms with Crippen molar-refractivity contribution in [2.24, 2.45) is 5.92 Å². The Morgan fingerprint density at radius 3 is 2.81 bits per heavy atom. The van der Waals surface area contributed by atoms with Crippen LogP contribution < -0.4 is 4.74 Å². The number of nitrogens with zero attached hydrogens (tertiary/aromatic N) is 3. The highest BCUT2D eigenvalue weighted by Crippen LogP contribution is 2.25. The summed E-state index contributed by atoms with van der Waals surface area (Å²) >= 11 is 4.90. The van der Waals surface area contributed by atoms with Crippen molar-refractivity contribution in [3.8, 4) is 5.88 Å². The van der Waals surface area contributed by atoms with Crippen molar-refractivity contribution in [2.45, 2.75) is 38.5 Å². The molecule has 2 aromatic heterocycles. The SMILES string of the molecule is O=C(c1cc(Br)cs1)N1CCC(COc2cc3c(nn2)CCCC3)CC1. The second kappa shape index (κ2) is 8.05. The van der Waals surface area contributed by atoms with Crippen LogP contribution in [0.5, 0.6) is 5.88 Å². The van der Waals surface area contributed by atoms with Gasteiger partial charge in [-0.1, -0.05) is 0 Å². The molecule has 138 valence electrons. The summed E-state index contributed by atoms with van der Waals surface area (Å²) in [6.07, 6.45) is 6.50. The van der Waals surface area contributed by atoms with Crippen LogP contribution in [0.15, 0.2) is 22.0 Å². The zero-order chi connectivity index (χ0) is 17.9. The average molecular weight is 436 g/mol. The number of amides is 1. The van der Waals surface area contributed by atoms with Gasteiger partial charge in [0.2, 0.25) is 5.88 Å². The molecule has 0 bridgehead atoms. The molecular formula is C19H22BrN3O2S. The number of hydrogen-bond acceptors (Lipinski definition) is 5. The highest BCUT2D eigenvalue weighted by Gasteiger charge is 2.25. The van der Waals surface area contributed by atoms with Crippen molar-refractivity contribution in [3.05, 3.63) is 38.1 Å². The largest absolute Gasteiger partial charge is 0.476 e. The fourth-order valence-electron chi connectivity index (χ4n) is 3.63. The maximum Gasteiger partial charge on any atom is 0.263 e. The number of carbonyl (C=O) groups excluding carboxylic acids is 1. The lowest BCUT2D eigenvalue weighted by Crippen LogP contribution is -2.39. The van der Waals surface area contributed by atoms with Gasteiger partial charge < -0.3 is 9.64 Å². The molecule has 0 N–H and O–H groups in total. The first-order valence-corrected chi connectivity index (χ1v) is 10.9. The molecule has 1 amide bonds. The molecule has 4 rings (SSSR count). The Bertz CT molecular complexity index is 787. The maximum atomic E-state index is 12.5.